The van der Waals surface area contributed by atoms with Crippen molar-refractivity contribution in [1.29, 1.82) is 0 Å². The Bertz CT molecular complexity index is 1110. The van der Waals surface area contributed by atoms with E-state index in [0.717, 1.165) is 18.2 Å². The van der Waals surface area contributed by atoms with Gasteiger partial charge < -0.3 is 15.2 Å². The molecule has 0 saturated carbocycles. The van der Waals surface area contributed by atoms with Gasteiger partial charge in [0, 0.05) is 32.2 Å². The molecule has 1 aliphatic rings. The molecule has 1 aliphatic heterocycles. The summed E-state index contributed by atoms with van der Waals surface area (Å²) >= 11 is 0. The molecule has 2 aromatic carbocycles. The highest BCUT2D eigenvalue weighted by Gasteiger charge is 2.22. The van der Waals surface area contributed by atoms with E-state index in [2.05, 4.69) is 20.2 Å². The first kappa shape index (κ1) is 19.0. The van der Waals surface area contributed by atoms with Crippen LogP contribution in [0.3, 0.4) is 0 Å². The molecule has 29 heavy (non-hydrogen) atoms. The summed E-state index contributed by atoms with van der Waals surface area (Å²) in [6.45, 7) is 2.42. The van der Waals surface area contributed by atoms with Gasteiger partial charge in [0.25, 0.3) is 5.56 Å². The highest BCUT2D eigenvalue weighted by atomic mass is 19.1. The number of amides is 2. The fraction of sp³-hybridized carbons (Fsp3) is 0.250. The summed E-state index contributed by atoms with van der Waals surface area (Å²) in [5, 5.41) is 2.95. The molecule has 1 aromatic heterocycles. The molecule has 0 radical (unpaired) electrons. The summed E-state index contributed by atoms with van der Waals surface area (Å²) in [6, 6.07) is 9.58. The summed E-state index contributed by atoms with van der Waals surface area (Å²) in [6.07, 6.45) is 0. The molecule has 150 valence electrons. The minimum Gasteiger partial charge on any atom is -0.322 e. The van der Waals surface area contributed by atoms with Crippen molar-refractivity contribution in [3.63, 3.8) is 0 Å². The molecule has 0 unspecified atom stereocenters. The van der Waals surface area contributed by atoms with Gasteiger partial charge in [0.15, 0.2) is 0 Å². The molecule has 7 nitrogen and oxygen atoms in total. The lowest BCUT2D eigenvalue weighted by Crippen LogP contribution is -2.49. The van der Waals surface area contributed by atoms with Crippen LogP contribution in [0.15, 0.2) is 47.3 Å². The number of piperazine rings is 1. The molecule has 2 heterocycles. The quantitative estimate of drug-likeness (QED) is 0.709. The van der Waals surface area contributed by atoms with Crippen molar-refractivity contribution in [2.45, 2.75) is 6.54 Å². The topological polar surface area (TPSA) is 81.3 Å². The molecule has 2 amide bonds. The number of hydrogen-bond donors (Lipinski definition) is 2. The van der Waals surface area contributed by atoms with Crippen molar-refractivity contribution in [2.75, 3.05) is 31.5 Å². The third kappa shape index (κ3) is 4.24. The zero-order valence-electron chi connectivity index (χ0n) is 15.5. The molecule has 9 heteroatoms. The maximum absolute atomic E-state index is 13.7. The predicted molar refractivity (Wildman–Crippen MR) is 105 cm³/mol. The monoisotopic (exact) mass is 399 g/mol. The molecule has 0 aliphatic carbocycles. The number of urea groups is 1. The third-order valence-corrected chi connectivity index (χ3v) is 4.86. The fourth-order valence-corrected chi connectivity index (χ4v) is 3.32. The standard InChI is InChI=1S/C20H19F2N5O2/c21-13-5-6-15(22)17(11-13)24-20(29)27-9-7-26(8-10-27)12-18-23-16-4-2-1-3-14(16)19(28)25-18/h1-6,11H,7-10,12H2,(H,24,29)(H,23,25,28). The number of H-pyrrole nitrogens is 1. The van der Waals surface area contributed by atoms with Gasteiger partial charge in [-0.15, -0.1) is 0 Å². The molecule has 3 aromatic rings. The highest BCUT2D eigenvalue weighted by molar-refractivity contribution is 5.89. The normalized spacial score (nSPS) is 14.9. The van der Waals surface area contributed by atoms with E-state index in [1.54, 1.807) is 18.2 Å². The molecule has 2 N–H and O–H groups in total. The summed E-state index contributed by atoms with van der Waals surface area (Å²) in [4.78, 5) is 35.4. The fourth-order valence-electron chi connectivity index (χ4n) is 3.32. The van der Waals surface area contributed by atoms with Crippen LogP contribution in [0, 0.1) is 11.6 Å². The number of rotatable bonds is 3. The van der Waals surface area contributed by atoms with Crippen LogP contribution in [-0.2, 0) is 6.54 Å². The Morgan fingerprint density at radius 2 is 1.86 bits per heavy atom. The van der Waals surface area contributed by atoms with Crippen molar-refractivity contribution in [2.24, 2.45) is 0 Å². The maximum atomic E-state index is 13.7. The van der Waals surface area contributed by atoms with Crippen LogP contribution < -0.4 is 10.9 Å². The van der Waals surface area contributed by atoms with E-state index in [1.807, 2.05) is 6.07 Å². The third-order valence-electron chi connectivity index (χ3n) is 4.86. The minimum atomic E-state index is -0.690. The van der Waals surface area contributed by atoms with Gasteiger partial charge in [-0.1, -0.05) is 12.1 Å². The second-order valence-electron chi connectivity index (χ2n) is 6.85. The Balaban J connectivity index is 1.36. The van der Waals surface area contributed by atoms with Crippen molar-refractivity contribution < 1.29 is 13.6 Å². The summed E-state index contributed by atoms with van der Waals surface area (Å²) < 4.78 is 27.0. The largest absolute Gasteiger partial charge is 0.322 e. The summed E-state index contributed by atoms with van der Waals surface area (Å²) in [7, 11) is 0. The molecule has 1 saturated heterocycles. The van der Waals surface area contributed by atoms with E-state index < -0.39 is 17.7 Å². The molecular formula is C20H19F2N5O2. The zero-order chi connectivity index (χ0) is 20.4. The van der Waals surface area contributed by atoms with E-state index in [1.165, 1.54) is 4.90 Å². The Kier molecular flexibility index (Phi) is 5.22. The number of aromatic amines is 1. The minimum absolute atomic E-state index is 0.180. The number of fused-ring (bicyclic) bond motifs is 1. The maximum Gasteiger partial charge on any atom is 0.322 e. The Labute approximate surface area is 165 Å². The number of halogens is 2. The van der Waals surface area contributed by atoms with Crippen LogP contribution in [0.5, 0.6) is 0 Å². The van der Waals surface area contributed by atoms with E-state index in [4.69, 9.17) is 0 Å². The van der Waals surface area contributed by atoms with Crippen molar-refractivity contribution in [1.82, 2.24) is 19.8 Å². The number of benzene rings is 2. The number of anilines is 1. The van der Waals surface area contributed by atoms with E-state index in [-0.39, 0.29) is 11.2 Å². The van der Waals surface area contributed by atoms with E-state index in [0.29, 0.717) is 49.5 Å². The molecule has 0 spiro atoms. The summed E-state index contributed by atoms with van der Waals surface area (Å²) in [5.41, 5.74) is 0.275. The van der Waals surface area contributed by atoms with Crippen molar-refractivity contribution in [3.05, 3.63) is 70.3 Å². The first-order chi connectivity index (χ1) is 14.0. The van der Waals surface area contributed by atoms with Gasteiger partial charge in [-0.25, -0.2) is 18.6 Å². The van der Waals surface area contributed by atoms with Gasteiger partial charge in [0.05, 0.1) is 23.1 Å². The van der Waals surface area contributed by atoms with Crippen molar-refractivity contribution in [3.8, 4) is 0 Å². The SMILES string of the molecule is O=C(Nc1cc(F)ccc1F)N1CCN(Cc2nc3ccccc3c(=O)[nH]2)CC1. The average molecular weight is 399 g/mol. The average Bonchev–Trinajstić information content (AvgIpc) is 2.71. The van der Waals surface area contributed by atoms with Crippen LogP contribution in [0.1, 0.15) is 5.82 Å². The first-order valence-corrected chi connectivity index (χ1v) is 9.21. The number of hydrogen-bond acceptors (Lipinski definition) is 4. The van der Waals surface area contributed by atoms with Gasteiger partial charge in [-0.05, 0) is 24.3 Å². The van der Waals surface area contributed by atoms with Crippen LogP contribution in [0.2, 0.25) is 0 Å². The van der Waals surface area contributed by atoms with Gasteiger partial charge in [-0.3, -0.25) is 9.69 Å². The molecule has 1 fully saturated rings. The van der Waals surface area contributed by atoms with E-state index >= 15 is 0 Å². The van der Waals surface area contributed by atoms with Gasteiger partial charge in [0.1, 0.15) is 17.5 Å². The molecular weight excluding hydrogens is 380 g/mol. The smallest absolute Gasteiger partial charge is 0.322 e. The summed E-state index contributed by atoms with van der Waals surface area (Å²) in [5.74, 6) is -0.749. The highest BCUT2D eigenvalue weighted by Crippen LogP contribution is 2.16. The number of para-hydroxylation sites is 1. The number of carbonyl (C=O) groups excluding carboxylic acids is 1. The number of nitrogens with zero attached hydrogens (tertiary/aromatic N) is 3. The Morgan fingerprint density at radius 1 is 1.10 bits per heavy atom. The van der Waals surface area contributed by atoms with Crippen LogP contribution >= 0.6 is 0 Å². The lowest BCUT2D eigenvalue weighted by atomic mass is 10.2. The number of carbonyl (C=O) groups is 1. The lowest BCUT2D eigenvalue weighted by Gasteiger charge is -2.34. The zero-order valence-corrected chi connectivity index (χ0v) is 15.5. The van der Waals surface area contributed by atoms with Gasteiger partial charge in [0.2, 0.25) is 0 Å². The van der Waals surface area contributed by atoms with Crippen molar-refractivity contribution >= 4 is 22.6 Å². The molecule has 0 bridgehead atoms. The lowest BCUT2D eigenvalue weighted by molar-refractivity contribution is 0.141. The number of nitrogens with one attached hydrogen (secondary N) is 2. The number of aromatic nitrogens is 2. The second-order valence-corrected chi connectivity index (χ2v) is 6.85. The van der Waals surface area contributed by atoms with Crippen LogP contribution in [-0.4, -0.2) is 52.0 Å². The molecule has 0 atom stereocenters. The first-order valence-electron chi connectivity index (χ1n) is 9.21. The predicted octanol–water partition coefficient (Wildman–Crippen LogP) is 2.55. The van der Waals surface area contributed by atoms with E-state index in [9.17, 15) is 18.4 Å². The van der Waals surface area contributed by atoms with Crippen LogP contribution in [0.25, 0.3) is 10.9 Å². The van der Waals surface area contributed by atoms with Gasteiger partial charge >= 0.3 is 6.03 Å². The second kappa shape index (κ2) is 7.96. The Hall–Kier alpha value is -3.33. The molecule has 4 rings (SSSR count). The van der Waals surface area contributed by atoms with Crippen LogP contribution in [0.4, 0.5) is 19.3 Å². The van der Waals surface area contributed by atoms with Gasteiger partial charge in [-0.2, -0.15) is 0 Å². The Morgan fingerprint density at radius 3 is 2.66 bits per heavy atom.